The van der Waals surface area contributed by atoms with Crippen LogP contribution in [0.2, 0.25) is 0 Å². The largest absolute Gasteiger partial charge is 0.399 e. The van der Waals surface area contributed by atoms with Crippen molar-refractivity contribution in [2.45, 2.75) is 6.42 Å². The third-order valence-electron chi connectivity index (χ3n) is 2.86. The maximum Gasteiger partial charge on any atom is 0.231 e. The average Bonchev–Trinajstić information content (AvgIpc) is 2.87. The van der Waals surface area contributed by atoms with E-state index >= 15 is 0 Å². The monoisotopic (exact) mass is 329 g/mol. The first-order valence-corrected chi connectivity index (χ1v) is 6.93. The van der Waals surface area contributed by atoms with Crippen molar-refractivity contribution in [2.75, 3.05) is 5.73 Å². The minimum absolute atomic E-state index is 0.558. The first-order valence-electron chi connectivity index (χ1n) is 6.14. The van der Waals surface area contributed by atoms with Crippen LogP contribution in [0.1, 0.15) is 11.5 Å². The molecule has 3 aromatic rings. The van der Waals surface area contributed by atoms with Crippen molar-refractivity contribution < 1.29 is 4.52 Å². The first kappa shape index (κ1) is 12.9. The van der Waals surface area contributed by atoms with Gasteiger partial charge in [0, 0.05) is 15.7 Å². The Balaban J connectivity index is 1.84. The molecule has 1 aromatic heterocycles. The normalized spacial score (nSPS) is 10.7. The molecule has 0 aliphatic heterocycles. The van der Waals surface area contributed by atoms with Gasteiger partial charge in [-0.25, -0.2) is 0 Å². The molecule has 1 heterocycles. The highest BCUT2D eigenvalue weighted by Gasteiger charge is 2.09. The number of aromatic nitrogens is 2. The van der Waals surface area contributed by atoms with E-state index in [9.17, 15) is 0 Å². The van der Waals surface area contributed by atoms with Gasteiger partial charge in [-0.1, -0.05) is 45.4 Å². The highest BCUT2D eigenvalue weighted by atomic mass is 79.9. The zero-order valence-electron chi connectivity index (χ0n) is 10.6. The third kappa shape index (κ3) is 2.88. The summed E-state index contributed by atoms with van der Waals surface area (Å²) in [5.74, 6) is 1.14. The lowest BCUT2D eigenvalue weighted by molar-refractivity contribution is 0.385. The van der Waals surface area contributed by atoms with Gasteiger partial charge >= 0.3 is 0 Å². The maximum absolute atomic E-state index is 5.75. The number of nitrogen functional groups attached to an aromatic ring is 1. The number of benzene rings is 2. The summed E-state index contributed by atoms with van der Waals surface area (Å²) in [4.78, 5) is 4.40. The van der Waals surface area contributed by atoms with Crippen LogP contribution < -0.4 is 5.73 Å². The van der Waals surface area contributed by atoms with Crippen LogP contribution in [0.25, 0.3) is 11.4 Å². The number of hydrogen-bond donors (Lipinski definition) is 1. The number of hydrogen-bond acceptors (Lipinski definition) is 4. The topological polar surface area (TPSA) is 64.9 Å². The molecular weight excluding hydrogens is 318 g/mol. The van der Waals surface area contributed by atoms with Crippen LogP contribution in [0.3, 0.4) is 0 Å². The zero-order valence-corrected chi connectivity index (χ0v) is 12.2. The number of anilines is 1. The SMILES string of the molecule is Nc1cccc(-c2noc(Cc3cccc(Br)c3)n2)c1. The Kier molecular flexibility index (Phi) is 3.52. The van der Waals surface area contributed by atoms with Gasteiger partial charge in [-0.3, -0.25) is 0 Å². The Hall–Kier alpha value is -2.14. The molecule has 0 fully saturated rings. The van der Waals surface area contributed by atoms with Gasteiger partial charge in [-0.2, -0.15) is 4.98 Å². The second kappa shape index (κ2) is 5.46. The molecule has 0 radical (unpaired) electrons. The van der Waals surface area contributed by atoms with Crippen molar-refractivity contribution in [2.24, 2.45) is 0 Å². The molecule has 0 unspecified atom stereocenters. The van der Waals surface area contributed by atoms with E-state index < -0.39 is 0 Å². The highest BCUT2D eigenvalue weighted by Crippen LogP contribution is 2.20. The van der Waals surface area contributed by atoms with Crippen LogP contribution >= 0.6 is 15.9 Å². The number of nitrogens with two attached hydrogens (primary N) is 1. The molecule has 0 aliphatic carbocycles. The molecule has 0 atom stereocenters. The number of nitrogens with zero attached hydrogens (tertiary/aromatic N) is 2. The molecular formula is C15H12BrN3O. The van der Waals surface area contributed by atoms with Gasteiger partial charge in [0.05, 0.1) is 6.42 Å². The minimum atomic E-state index is 0.558. The summed E-state index contributed by atoms with van der Waals surface area (Å²) in [5, 5.41) is 3.99. The minimum Gasteiger partial charge on any atom is -0.399 e. The molecule has 2 aromatic carbocycles. The van der Waals surface area contributed by atoms with E-state index in [0.29, 0.717) is 23.8 Å². The van der Waals surface area contributed by atoms with Crippen LogP contribution in [-0.2, 0) is 6.42 Å². The molecule has 100 valence electrons. The fraction of sp³-hybridized carbons (Fsp3) is 0.0667. The Morgan fingerprint density at radius 3 is 2.75 bits per heavy atom. The van der Waals surface area contributed by atoms with Gasteiger partial charge in [-0.05, 0) is 29.8 Å². The van der Waals surface area contributed by atoms with Crippen molar-refractivity contribution in [3.63, 3.8) is 0 Å². The second-order valence-electron chi connectivity index (χ2n) is 4.44. The Morgan fingerprint density at radius 2 is 1.95 bits per heavy atom. The van der Waals surface area contributed by atoms with Crippen molar-refractivity contribution in [3.8, 4) is 11.4 Å². The fourth-order valence-corrected chi connectivity index (χ4v) is 2.39. The van der Waals surface area contributed by atoms with Gasteiger partial charge in [0.1, 0.15) is 0 Å². The van der Waals surface area contributed by atoms with Crippen molar-refractivity contribution in [3.05, 3.63) is 64.5 Å². The van der Waals surface area contributed by atoms with E-state index in [4.69, 9.17) is 10.3 Å². The van der Waals surface area contributed by atoms with Crippen LogP contribution in [0.15, 0.2) is 57.5 Å². The Labute approximate surface area is 124 Å². The van der Waals surface area contributed by atoms with E-state index in [2.05, 4.69) is 26.1 Å². The molecule has 0 spiro atoms. The quantitative estimate of drug-likeness (QED) is 0.744. The van der Waals surface area contributed by atoms with Gasteiger partial charge in [0.25, 0.3) is 0 Å². The molecule has 0 bridgehead atoms. The molecule has 0 aliphatic rings. The van der Waals surface area contributed by atoms with Crippen molar-refractivity contribution in [1.29, 1.82) is 0 Å². The molecule has 4 nitrogen and oxygen atoms in total. The first-order chi connectivity index (χ1) is 9.70. The lowest BCUT2D eigenvalue weighted by Crippen LogP contribution is -1.89. The molecule has 2 N–H and O–H groups in total. The predicted octanol–water partition coefficient (Wildman–Crippen LogP) is 3.67. The summed E-state index contributed by atoms with van der Waals surface area (Å²) in [6.07, 6.45) is 0.606. The van der Waals surface area contributed by atoms with Gasteiger partial charge in [0.15, 0.2) is 0 Å². The predicted molar refractivity (Wildman–Crippen MR) is 81.1 cm³/mol. The van der Waals surface area contributed by atoms with Crippen LogP contribution in [0.5, 0.6) is 0 Å². The summed E-state index contributed by atoms with van der Waals surface area (Å²) in [6, 6.07) is 15.4. The van der Waals surface area contributed by atoms with E-state index in [-0.39, 0.29) is 0 Å². The lowest BCUT2D eigenvalue weighted by atomic mass is 10.1. The molecule has 3 rings (SSSR count). The summed E-state index contributed by atoms with van der Waals surface area (Å²) >= 11 is 3.44. The smallest absolute Gasteiger partial charge is 0.231 e. The average molecular weight is 330 g/mol. The Morgan fingerprint density at radius 1 is 1.10 bits per heavy atom. The maximum atomic E-state index is 5.75. The van der Waals surface area contributed by atoms with Crippen molar-refractivity contribution in [1.82, 2.24) is 10.1 Å². The lowest BCUT2D eigenvalue weighted by Gasteiger charge is -1.97. The highest BCUT2D eigenvalue weighted by molar-refractivity contribution is 9.10. The van der Waals surface area contributed by atoms with E-state index in [1.807, 2.05) is 48.5 Å². The third-order valence-corrected chi connectivity index (χ3v) is 3.35. The summed E-state index contributed by atoms with van der Waals surface area (Å²) < 4.78 is 6.32. The standard InChI is InChI=1S/C15H12BrN3O/c16-12-5-1-3-10(7-12)8-14-18-15(19-20-14)11-4-2-6-13(17)9-11/h1-7,9H,8,17H2. The molecule has 5 heteroatoms. The van der Waals surface area contributed by atoms with Crippen LogP contribution in [0.4, 0.5) is 5.69 Å². The van der Waals surface area contributed by atoms with Crippen LogP contribution in [-0.4, -0.2) is 10.1 Å². The molecule has 0 saturated carbocycles. The number of rotatable bonds is 3. The summed E-state index contributed by atoms with van der Waals surface area (Å²) in [6.45, 7) is 0. The van der Waals surface area contributed by atoms with Gasteiger partial charge in [-0.15, -0.1) is 0 Å². The Bertz CT molecular complexity index is 739. The summed E-state index contributed by atoms with van der Waals surface area (Å²) in [5.41, 5.74) is 8.40. The van der Waals surface area contributed by atoms with Crippen LogP contribution in [0, 0.1) is 0 Å². The number of halogens is 1. The molecule has 0 amide bonds. The van der Waals surface area contributed by atoms with Crippen molar-refractivity contribution >= 4 is 21.6 Å². The fourth-order valence-electron chi connectivity index (χ4n) is 1.94. The summed E-state index contributed by atoms with van der Waals surface area (Å²) in [7, 11) is 0. The van der Waals surface area contributed by atoms with E-state index in [1.54, 1.807) is 0 Å². The van der Waals surface area contributed by atoms with Gasteiger partial charge in [0.2, 0.25) is 11.7 Å². The molecule has 20 heavy (non-hydrogen) atoms. The molecule has 0 saturated heterocycles. The van der Waals surface area contributed by atoms with E-state index in [1.165, 1.54) is 0 Å². The zero-order chi connectivity index (χ0) is 13.9. The van der Waals surface area contributed by atoms with E-state index in [0.717, 1.165) is 15.6 Å². The second-order valence-corrected chi connectivity index (χ2v) is 5.36. The van der Waals surface area contributed by atoms with Gasteiger partial charge < -0.3 is 10.3 Å².